The number of nitrogens with zero attached hydrogens (tertiary/aromatic N) is 2. The number of benzene rings is 1. The number of hydrogen-bond acceptors (Lipinski definition) is 4. The molecule has 0 fully saturated rings. The van der Waals surface area contributed by atoms with Gasteiger partial charge in [0.1, 0.15) is 11.9 Å². The lowest BCUT2D eigenvalue weighted by Crippen LogP contribution is -2.39. The summed E-state index contributed by atoms with van der Waals surface area (Å²) >= 11 is 7.23. The van der Waals surface area contributed by atoms with Gasteiger partial charge in [0.25, 0.3) is 0 Å². The molecule has 0 bridgehead atoms. The van der Waals surface area contributed by atoms with Crippen LogP contribution in [-0.4, -0.2) is 28.1 Å². The third-order valence-electron chi connectivity index (χ3n) is 4.05. The lowest BCUT2D eigenvalue weighted by Gasteiger charge is -2.18. The zero-order valence-corrected chi connectivity index (χ0v) is 16.8. The van der Waals surface area contributed by atoms with Gasteiger partial charge >= 0.3 is 11.8 Å². The van der Waals surface area contributed by atoms with E-state index in [4.69, 9.17) is 11.6 Å². The van der Waals surface area contributed by atoms with Gasteiger partial charge in [-0.3, -0.25) is 14.3 Å². The van der Waals surface area contributed by atoms with Gasteiger partial charge in [-0.15, -0.1) is 11.3 Å². The second-order valence-corrected chi connectivity index (χ2v) is 7.58. The maximum absolute atomic E-state index is 13.2. The number of carbonyl (C=O) groups excluding carboxylic acids is 2. The van der Waals surface area contributed by atoms with Crippen molar-refractivity contribution < 1.29 is 14.0 Å². The van der Waals surface area contributed by atoms with Gasteiger partial charge in [-0.1, -0.05) is 17.7 Å². The van der Waals surface area contributed by atoms with Crippen LogP contribution in [0.2, 0.25) is 5.02 Å². The summed E-state index contributed by atoms with van der Waals surface area (Å²) in [7, 11) is 0. The molecule has 146 valence electrons. The number of amides is 2. The molecule has 6 nitrogen and oxygen atoms in total. The normalized spacial score (nSPS) is 11.9. The van der Waals surface area contributed by atoms with E-state index in [9.17, 15) is 14.0 Å². The second-order valence-electron chi connectivity index (χ2n) is 6.20. The molecule has 9 heteroatoms. The molecule has 0 aliphatic heterocycles. The predicted octanol–water partition coefficient (Wildman–Crippen LogP) is 3.70. The lowest BCUT2D eigenvalue weighted by molar-refractivity contribution is -0.136. The summed E-state index contributed by atoms with van der Waals surface area (Å²) in [5.74, 6) is -2.27. The molecule has 0 aliphatic rings. The van der Waals surface area contributed by atoms with Gasteiger partial charge < -0.3 is 10.6 Å². The zero-order chi connectivity index (χ0) is 20.3. The SMILES string of the molecule is Cc1cc(C)n(C(CNC(=O)C(=O)Nc2ccc(F)c(Cl)c2)c2cccs2)n1. The van der Waals surface area contributed by atoms with E-state index in [-0.39, 0.29) is 23.3 Å². The van der Waals surface area contributed by atoms with Crippen molar-refractivity contribution in [1.82, 2.24) is 15.1 Å². The summed E-state index contributed by atoms with van der Waals surface area (Å²) in [4.78, 5) is 25.4. The summed E-state index contributed by atoms with van der Waals surface area (Å²) < 4.78 is 15.0. The highest BCUT2D eigenvalue weighted by atomic mass is 35.5. The zero-order valence-electron chi connectivity index (χ0n) is 15.2. The number of thiophene rings is 1. The first-order chi connectivity index (χ1) is 13.3. The Bertz CT molecular complexity index is 1000. The molecular weight excluding hydrogens is 403 g/mol. The predicted molar refractivity (Wildman–Crippen MR) is 107 cm³/mol. The minimum atomic E-state index is -0.860. The van der Waals surface area contributed by atoms with Crippen molar-refractivity contribution in [2.75, 3.05) is 11.9 Å². The van der Waals surface area contributed by atoms with E-state index in [0.29, 0.717) is 0 Å². The average Bonchev–Trinajstić information content (AvgIpc) is 3.28. The van der Waals surface area contributed by atoms with E-state index in [2.05, 4.69) is 15.7 Å². The third kappa shape index (κ3) is 4.58. The number of carbonyl (C=O) groups is 2. The number of aryl methyl sites for hydroxylation is 2. The van der Waals surface area contributed by atoms with Crippen molar-refractivity contribution in [1.29, 1.82) is 0 Å². The fourth-order valence-electron chi connectivity index (χ4n) is 2.78. The number of hydrogen-bond donors (Lipinski definition) is 2. The smallest absolute Gasteiger partial charge is 0.313 e. The Kier molecular flexibility index (Phi) is 6.11. The molecule has 0 saturated heterocycles. The summed E-state index contributed by atoms with van der Waals surface area (Å²) in [5.41, 5.74) is 2.06. The molecule has 1 aromatic carbocycles. The Morgan fingerprint density at radius 1 is 1.25 bits per heavy atom. The van der Waals surface area contributed by atoms with Crippen molar-refractivity contribution in [3.63, 3.8) is 0 Å². The van der Waals surface area contributed by atoms with Gasteiger partial charge in [-0.05, 0) is 49.6 Å². The minimum Gasteiger partial charge on any atom is -0.345 e. The first-order valence-corrected chi connectivity index (χ1v) is 9.71. The van der Waals surface area contributed by atoms with Crippen LogP contribution in [0, 0.1) is 19.7 Å². The molecular formula is C19H18ClFN4O2S. The van der Waals surface area contributed by atoms with Gasteiger partial charge in [-0.2, -0.15) is 5.10 Å². The maximum Gasteiger partial charge on any atom is 0.313 e. The highest BCUT2D eigenvalue weighted by Crippen LogP contribution is 2.24. The number of rotatable bonds is 5. The minimum absolute atomic E-state index is 0.138. The van der Waals surface area contributed by atoms with Crippen molar-refractivity contribution >= 4 is 40.4 Å². The van der Waals surface area contributed by atoms with E-state index in [1.165, 1.54) is 12.1 Å². The highest BCUT2D eigenvalue weighted by molar-refractivity contribution is 7.10. The summed E-state index contributed by atoms with van der Waals surface area (Å²) in [5, 5.41) is 11.3. The Morgan fingerprint density at radius 2 is 2.04 bits per heavy atom. The molecule has 1 atom stereocenters. The van der Waals surface area contributed by atoms with Gasteiger partial charge in [-0.25, -0.2) is 4.39 Å². The van der Waals surface area contributed by atoms with Crippen molar-refractivity contribution in [2.24, 2.45) is 0 Å². The third-order valence-corrected chi connectivity index (χ3v) is 5.31. The average molecular weight is 421 g/mol. The van der Waals surface area contributed by atoms with Gasteiger partial charge in [0.2, 0.25) is 0 Å². The molecule has 3 rings (SSSR count). The van der Waals surface area contributed by atoms with E-state index in [1.807, 2.05) is 42.1 Å². The van der Waals surface area contributed by atoms with Crippen LogP contribution in [0.3, 0.4) is 0 Å². The quantitative estimate of drug-likeness (QED) is 0.618. The molecule has 2 N–H and O–H groups in total. The number of aromatic nitrogens is 2. The lowest BCUT2D eigenvalue weighted by atomic mass is 10.2. The molecule has 3 aromatic rings. The van der Waals surface area contributed by atoms with Crippen molar-refractivity contribution in [3.8, 4) is 0 Å². The fourth-order valence-corrected chi connectivity index (χ4v) is 3.77. The van der Waals surface area contributed by atoms with Gasteiger partial charge in [0, 0.05) is 22.8 Å². The summed E-state index contributed by atoms with van der Waals surface area (Å²) in [6, 6.07) is 9.29. The van der Waals surface area contributed by atoms with Gasteiger partial charge in [0.05, 0.1) is 10.7 Å². The summed E-state index contributed by atoms with van der Waals surface area (Å²) in [6.45, 7) is 4.03. The molecule has 1 unspecified atom stereocenters. The van der Waals surface area contributed by atoms with E-state index in [0.717, 1.165) is 22.3 Å². The molecule has 2 aromatic heterocycles. The van der Waals surface area contributed by atoms with E-state index >= 15 is 0 Å². The molecule has 0 radical (unpaired) electrons. The fraction of sp³-hybridized carbons (Fsp3) is 0.211. The summed E-state index contributed by atoms with van der Waals surface area (Å²) in [6.07, 6.45) is 0. The van der Waals surface area contributed by atoms with Crippen LogP contribution in [0.15, 0.2) is 41.8 Å². The number of halogens is 2. The monoisotopic (exact) mass is 420 g/mol. The van der Waals surface area contributed by atoms with Crippen LogP contribution in [0.1, 0.15) is 22.3 Å². The Labute approximate surface area is 170 Å². The first-order valence-electron chi connectivity index (χ1n) is 8.45. The first kappa shape index (κ1) is 20.0. The van der Waals surface area contributed by atoms with E-state index < -0.39 is 17.6 Å². The van der Waals surface area contributed by atoms with Crippen LogP contribution in [0.25, 0.3) is 0 Å². The standard InChI is InChI=1S/C19H18ClFN4O2S/c1-11-8-12(2)25(24-11)16(17-4-3-7-28-17)10-22-18(26)19(27)23-13-5-6-15(21)14(20)9-13/h3-9,16H,10H2,1-2H3,(H,22,26)(H,23,27). The van der Waals surface area contributed by atoms with Crippen LogP contribution in [0.5, 0.6) is 0 Å². The van der Waals surface area contributed by atoms with Crippen LogP contribution in [-0.2, 0) is 9.59 Å². The number of anilines is 1. The molecule has 2 amide bonds. The topological polar surface area (TPSA) is 76.0 Å². The van der Waals surface area contributed by atoms with Gasteiger partial charge in [0.15, 0.2) is 0 Å². The van der Waals surface area contributed by atoms with Crippen LogP contribution < -0.4 is 10.6 Å². The van der Waals surface area contributed by atoms with Crippen molar-refractivity contribution in [3.05, 3.63) is 68.9 Å². The number of nitrogens with one attached hydrogen (secondary N) is 2. The molecule has 0 aliphatic carbocycles. The Hall–Kier alpha value is -2.71. The van der Waals surface area contributed by atoms with Crippen LogP contribution >= 0.6 is 22.9 Å². The Morgan fingerprint density at radius 3 is 2.64 bits per heavy atom. The molecule has 0 saturated carbocycles. The maximum atomic E-state index is 13.2. The highest BCUT2D eigenvalue weighted by Gasteiger charge is 2.21. The second kappa shape index (κ2) is 8.53. The Balaban J connectivity index is 1.68. The van der Waals surface area contributed by atoms with Crippen LogP contribution in [0.4, 0.5) is 10.1 Å². The molecule has 2 heterocycles. The molecule has 28 heavy (non-hydrogen) atoms. The van der Waals surface area contributed by atoms with Crippen molar-refractivity contribution in [2.45, 2.75) is 19.9 Å². The van der Waals surface area contributed by atoms with E-state index in [1.54, 1.807) is 11.3 Å². The molecule has 0 spiro atoms. The largest absolute Gasteiger partial charge is 0.345 e.